The van der Waals surface area contributed by atoms with E-state index in [4.69, 9.17) is 0 Å². The third kappa shape index (κ3) is 3.36. The van der Waals surface area contributed by atoms with Gasteiger partial charge in [0.15, 0.2) is 5.78 Å². The number of nitrogens with one attached hydrogen (secondary N) is 1. The van der Waals surface area contributed by atoms with Gasteiger partial charge in [-0.2, -0.15) is 0 Å². The molecule has 0 aliphatic heterocycles. The van der Waals surface area contributed by atoms with Crippen molar-refractivity contribution in [3.05, 3.63) is 102 Å². The van der Waals surface area contributed by atoms with E-state index in [-0.39, 0.29) is 11.7 Å². The molecule has 0 saturated heterocycles. The topological polar surface area (TPSA) is 46.2 Å². The summed E-state index contributed by atoms with van der Waals surface area (Å²) < 4.78 is 0. The van der Waals surface area contributed by atoms with E-state index in [1.807, 2.05) is 66.7 Å². The van der Waals surface area contributed by atoms with Crippen molar-refractivity contribution in [1.29, 1.82) is 0 Å². The number of benzene rings is 3. The number of para-hydroxylation sites is 1. The first-order valence-corrected chi connectivity index (χ1v) is 9.76. The van der Waals surface area contributed by atoms with Crippen molar-refractivity contribution >= 4 is 17.4 Å². The number of carbonyl (C=O) groups is 2. The van der Waals surface area contributed by atoms with Gasteiger partial charge in [0.25, 0.3) is 0 Å². The van der Waals surface area contributed by atoms with Crippen molar-refractivity contribution in [1.82, 2.24) is 0 Å². The largest absolute Gasteiger partial charge is 0.325 e. The molecule has 0 atom stereocenters. The average Bonchev–Trinajstić information content (AvgIpc) is 3.26. The number of hydrogen-bond acceptors (Lipinski definition) is 2. The molecule has 3 nitrogen and oxygen atoms in total. The molecular formula is C25H23NO2. The SMILES string of the molecule is O=C(c1ccccc1)c1ccccc1NC(=O)C1(c2ccccc2)CCCC1. The molecule has 140 valence electrons. The minimum atomic E-state index is -0.524. The van der Waals surface area contributed by atoms with Gasteiger partial charge in [0, 0.05) is 11.1 Å². The van der Waals surface area contributed by atoms with Crippen molar-refractivity contribution in [3.8, 4) is 0 Å². The monoisotopic (exact) mass is 369 g/mol. The zero-order valence-electron chi connectivity index (χ0n) is 15.7. The second-order valence-electron chi connectivity index (χ2n) is 7.35. The number of hydrogen-bond donors (Lipinski definition) is 1. The maximum absolute atomic E-state index is 13.4. The van der Waals surface area contributed by atoms with Crippen LogP contribution in [-0.2, 0) is 10.2 Å². The molecule has 0 spiro atoms. The fourth-order valence-electron chi connectivity index (χ4n) is 4.16. The van der Waals surface area contributed by atoms with Crippen molar-refractivity contribution < 1.29 is 9.59 Å². The lowest BCUT2D eigenvalue weighted by Gasteiger charge is -2.28. The molecule has 4 rings (SSSR count). The number of rotatable bonds is 5. The summed E-state index contributed by atoms with van der Waals surface area (Å²) in [7, 11) is 0. The summed E-state index contributed by atoms with van der Waals surface area (Å²) >= 11 is 0. The second kappa shape index (κ2) is 7.81. The highest BCUT2D eigenvalue weighted by Crippen LogP contribution is 2.42. The number of amides is 1. The first-order chi connectivity index (χ1) is 13.7. The van der Waals surface area contributed by atoms with Crippen molar-refractivity contribution in [2.75, 3.05) is 5.32 Å². The van der Waals surface area contributed by atoms with Crippen molar-refractivity contribution in [2.24, 2.45) is 0 Å². The molecule has 1 amide bonds. The molecule has 1 aliphatic rings. The van der Waals surface area contributed by atoms with Gasteiger partial charge in [-0.05, 0) is 30.5 Å². The highest BCUT2D eigenvalue weighted by Gasteiger charge is 2.42. The average molecular weight is 369 g/mol. The van der Waals surface area contributed by atoms with E-state index < -0.39 is 5.41 Å². The van der Waals surface area contributed by atoms with Crippen LogP contribution in [-0.4, -0.2) is 11.7 Å². The van der Waals surface area contributed by atoms with E-state index in [9.17, 15) is 9.59 Å². The summed E-state index contributed by atoms with van der Waals surface area (Å²) in [6, 6.07) is 26.4. The lowest BCUT2D eigenvalue weighted by molar-refractivity contribution is -0.121. The zero-order chi connectivity index (χ0) is 19.4. The molecule has 3 aromatic carbocycles. The molecule has 0 unspecified atom stereocenters. The summed E-state index contributed by atoms with van der Waals surface area (Å²) in [5.74, 6) is -0.110. The predicted octanol–water partition coefficient (Wildman–Crippen LogP) is 5.37. The molecule has 0 radical (unpaired) electrons. The predicted molar refractivity (Wildman–Crippen MR) is 112 cm³/mol. The molecule has 0 heterocycles. The molecule has 1 fully saturated rings. The Bertz CT molecular complexity index is 974. The van der Waals surface area contributed by atoms with Gasteiger partial charge in [-0.3, -0.25) is 9.59 Å². The number of ketones is 1. The van der Waals surface area contributed by atoms with E-state index in [2.05, 4.69) is 5.32 Å². The van der Waals surface area contributed by atoms with Crippen LogP contribution in [0.25, 0.3) is 0 Å². The van der Waals surface area contributed by atoms with Crippen LogP contribution in [0, 0.1) is 0 Å². The molecule has 1 saturated carbocycles. The Labute approximate surface area is 165 Å². The second-order valence-corrected chi connectivity index (χ2v) is 7.35. The molecule has 0 bridgehead atoms. The normalized spacial score (nSPS) is 15.1. The van der Waals surface area contributed by atoms with Crippen LogP contribution in [0.2, 0.25) is 0 Å². The molecule has 1 N–H and O–H groups in total. The van der Waals surface area contributed by atoms with Crippen LogP contribution < -0.4 is 5.32 Å². The number of anilines is 1. The van der Waals surface area contributed by atoms with Gasteiger partial charge in [-0.15, -0.1) is 0 Å². The smallest absolute Gasteiger partial charge is 0.235 e. The summed E-state index contributed by atoms with van der Waals surface area (Å²) in [6.45, 7) is 0. The van der Waals surface area contributed by atoms with Crippen molar-refractivity contribution in [2.45, 2.75) is 31.1 Å². The van der Waals surface area contributed by atoms with Gasteiger partial charge < -0.3 is 5.32 Å². The van der Waals surface area contributed by atoms with Crippen LogP contribution in [0.5, 0.6) is 0 Å². The summed E-state index contributed by atoms with van der Waals surface area (Å²) in [5.41, 5.74) is 2.23. The molecule has 28 heavy (non-hydrogen) atoms. The molecule has 0 aromatic heterocycles. The first-order valence-electron chi connectivity index (χ1n) is 9.76. The number of carbonyl (C=O) groups excluding carboxylic acids is 2. The lowest BCUT2D eigenvalue weighted by atomic mass is 9.78. The first kappa shape index (κ1) is 18.2. The van der Waals surface area contributed by atoms with E-state index in [0.29, 0.717) is 16.8 Å². The zero-order valence-corrected chi connectivity index (χ0v) is 15.7. The van der Waals surface area contributed by atoms with E-state index in [0.717, 1.165) is 31.2 Å². The fraction of sp³-hybridized carbons (Fsp3) is 0.200. The van der Waals surface area contributed by atoms with Crippen LogP contribution in [0.3, 0.4) is 0 Å². The maximum atomic E-state index is 13.4. The summed E-state index contributed by atoms with van der Waals surface area (Å²) in [6.07, 6.45) is 3.73. The van der Waals surface area contributed by atoms with Crippen LogP contribution in [0.1, 0.15) is 47.2 Å². The van der Waals surface area contributed by atoms with Gasteiger partial charge >= 0.3 is 0 Å². The van der Waals surface area contributed by atoms with E-state index >= 15 is 0 Å². The van der Waals surface area contributed by atoms with E-state index in [1.165, 1.54) is 0 Å². The van der Waals surface area contributed by atoms with Gasteiger partial charge in [0.05, 0.1) is 11.1 Å². The lowest BCUT2D eigenvalue weighted by Crippen LogP contribution is -2.38. The Morgan fingerprint density at radius 3 is 1.96 bits per heavy atom. The third-order valence-corrected chi connectivity index (χ3v) is 5.67. The Morgan fingerprint density at radius 2 is 1.29 bits per heavy atom. The van der Waals surface area contributed by atoms with Gasteiger partial charge in [0.1, 0.15) is 0 Å². The minimum Gasteiger partial charge on any atom is -0.325 e. The highest BCUT2D eigenvalue weighted by molar-refractivity contribution is 6.14. The van der Waals surface area contributed by atoms with Gasteiger partial charge in [-0.1, -0.05) is 85.6 Å². The Kier molecular flexibility index (Phi) is 5.07. The summed E-state index contributed by atoms with van der Waals surface area (Å²) in [5, 5.41) is 3.08. The third-order valence-electron chi connectivity index (χ3n) is 5.67. The maximum Gasteiger partial charge on any atom is 0.235 e. The highest BCUT2D eigenvalue weighted by atomic mass is 16.2. The van der Waals surface area contributed by atoms with Crippen LogP contribution >= 0.6 is 0 Å². The van der Waals surface area contributed by atoms with E-state index in [1.54, 1.807) is 18.2 Å². The molecule has 3 aromatic rings. The molecular weight excluding hydrogens is 346 g/mol. The van der Waals surface area contributed by atoms with Gasteiger partial charge in [0.2, 0.25) is 5.91 Å². The van der Waals surface area contributed by atoms with Crippen LogP contribution in [0.15, 0.2) is 84.9 Å². The minimum absolute atomic E-state index is 0.0236. The van der Waals surface area contributed by atoms with Gasteiger partial charge in [-0.25, -0.2) is 0 Å². The quantitative estimate of drug-likeness (QED) is 0.615. The standard InChI is InChI=1S/C25H23NO2/c27-23(19-11-3-1-4-12-19)21-15-7-8-16-22(21)26-24(28)25(17-9-10-18-25)20-13-5-2-6-14-20/h1-8,11-16H,9-10,17-18H2,(H,26,28). The fourth-order valence-corrected chi connectivity index (χ4v) is 4.16. The van der Waals surface area contributed by atoms with Crippen molar-refractivity contribution in [3.63, 3.8) is 0 Å². The Hall–Kier alpha value is -3.20. The molecule has 3 heteroatoms. The Morgan fingerprint density at radius 1 is 0.714 bits per heavy atom. The van der Waals surface area contributed by atoms with Crippen LogP contribution in [0.4, 0.5) is 5.69 Å². The summed E-state index contributed by atoms with van der Waals surface area (Å²) in [4.78, 5) is 26.4. The molecule has 1 aliphatic carbocycles. The Balaban J connectivity index is 1.66.